The third-order valence-corrected chi connectivity index (χ3v) is 8.80. The molecule has 0 spiro atoms. The number of para-hydroxylation sites is 1. The summed E-state index contributed by atoms with van der Waals surface area (Å²) in [5, 5.41) is 8.62. The van der Waals surface area contributed by atoms with Crippen molar-refractivity contribution in [1.29, 1.82) is 0 Å². The fourth-order valence-electron chi connectivity index (χ4n) is 5.72. The first-order valence-corrected chi connectivity index (χ1v) is 15.3. The van der Waals surface area contributed by atoms with Gasteiger partial charge in [-0.2, -0.15) is 0 Å². The van der Waals surface area contributed by atoms with Gasteiger partial charge in [0.1, 0.15) is 31.2 Å². The summed E-state index contributed by atoms with van der Waals surface area (Å²) in [6.07, 6.45) is 2.10. The molecule has 2 aliphatic rings. The molecule has 2 N–H and O–H groups in total. The molecule has 0 aliphatic carbocycles. The number of urea groups is 1. The number of aldehydes is 1. The van der Waals surface area contributed by atoms with Gasteiger partial charge in [0.2, 0.25) is 5.88 Å². The fourth-order valence-corrected chi connectivity index (χ4v) is 6.68. The first kappa shape index (κ1) is 28.2. The third-order valence-electron chi connectivity index (χ3n) is 7.82. The number of nitrogens with one attached hydrogen (secondary N) is 2. The molecule has 0 saturated carbocycles. The van der Waals surface area contributed by atoms with Crippen LogP contribution >= 0.6 is 11.3 Å². The summed E-state index contributed by atoms with van der Waals surface area (Å²) in [6, 6.07) is 20.0. The molecule has 2 aromatic carbocycles. The summed E-state index contributed by atoms with van der Waals surface area (Å²) in [6.45, 7) is 0.0457. The number of nitrogens with zero attached hydrogens (tertiary/aromatic N) is 5. The van der Waals surface area contributed by atoms with E-state index >= 15 is 0 Å². The van der Waals surface area contributed by atoms with Gasteiger partial charge in [-0.1, -0.05) is 36.4 Å². The molecule has 2 aliphatic heterocycles. The highest BCUT2D eigenvalue weighted by atomic mass is 32.1. The van der Waals surface area contributed by atoms with Crippen LogP contribution in [0.3, 0.4) is 0 Å². The normalized spacial score (nSPS) is 22.1. The Morgan fingerprint density at radius 2 is 1.78 bits per heavy atom. The van der Waals surface area contributed by atoms with Gasteiger partial charge in [-0.05, 0) is 30.3 Å². The topological polar surface area (TPSA) is 152 Å². The Morgan fingerprint density at radius 3 is 2.67 bits per heavy atom. The number of amides is 2. The van der Waals surface area contributed by atoms with Crippen LogP contribution in [0.2, 0.25) is 0 Å². The van der Waals surface area contributed by atoms with E-state index in [1.807, 2.05) is 41.8 Å². The summed E-state index contributed by atoms with van der Waals surface area (Å²) in [5.74, 6) is 0.431. The van der Waals surface area contributed by atoms with Gasteiger partial charge in [0, 0.05) is 32.9 Å². The molecule has 2 saturated heterocycles. The third kappa shape index (κ3) is 5.12. The Balaban J connectivity index is 1.09. The summed E-state index contributed by atoms with van der Waals surface area (Å²) in [7, 11) is 0. The first-order chi connectivity index (χ1) is 22.7. The van der Waals surface area contributed by atoms with E-state index in [-0.39, 0.29) is 18.3 Å². The molecule has 5 unspecified atom stereocenters. The maximum atomic E-state index is 12.7. The summed E-state index contributed by atoms with van der Waals surface area (Å²) < 4.78 is 28.4. The molecule has 230 valence electrons. The Morgan fingerprint density at radius 1 is 0.935 bits per heavy atom. The SMILES string of the molecule is O=Cc1cccnc1OCC1OC(n2cnc3c(NC(=O)Nc4ccccc4)ncnc32)C2OC(c3csc4ccccc34)OC12. The molecule has 6 heterocycles. The Kier molecular flexibility index (Phi) is 7.30. The second kappa shape index (κ2) is 11.9. The number of ether oxygens (including phenoxy) is 4. The molecule has 2 amide bonds. The zero-order chi connectivity index (χ0) is 31.0. The minimum atomic E-state index is -0.714. The smallest absolute Gasteiger partial charge is 0.324 e. The minimum Gasteiger partial charge on any atom is -0.474 e. The highest BCUT2D eigenvalue weighted by molar-refractivity contribution is 7.17. The minimum absolute atomic E-state index is 0.0457. The number of anilines is 2. The van der Waals surface area contributed by atoms with E-state index in [0.29, 0.717) is 28.7 Å². The number of fused-ring (bicyclic) bond motifs is 3. The van der Waals surface area contributed by atoms with Crippen molar-refractivity contribution in [1.82, 2.24) is 24.5 Å². The molecule has 14 heteroatoms. The maximum absolute atomic E-state index is 12.7. The highest BCUT2D eigenvalue weighted by Crippen LogP contribution is 2.47. The largest absolute Gasteiger partial charge is 0.474 e. The molecule has 6 aromatic rings. The number of rotatable bonds is 8. The number of carbonyl (C=O) groups excluding carboxylic acids is 2. The van der Waals surface area contributed by atoms with Crippen molar-refractivity contribution < 1.29 is 28.5 Å². The van der Waals surface area contributed by atoms with Crippen molar-refractivity contribution in [3.63, 3.8) is 0 Å². The molecule has 8 rings (SSSR count). The van der Waals surface area contributed by atoms with Crippen molar-refractivity contribution in [2.24, 2.45) is 0 Å². The van der Waals surface area contributed by atoms with E-state index in [1.165, 1.54) is 6.33 Å². The van der Waals surface area contributed by atoms with Gasteiger partial charge in [0.05, 0.1) is 11.9 Å². The van der Waals surface area contributed by atoms with Gasteiger partial charge in [-0.25, -0.2) is 24.7 Å². The van der Waals surface area contributed by atoms with Crippen LogP contribution in [-0.4, -0.2) is 61.7 Å². The van der Waals surface area contributed by atoms with E-state index in [1.54, 1.807) is 52.7 Å². The monoisotopic (exact) mass is 635 g/mol. The lowest BCUT2D eigenvalue weighted by molar-refractivity contribution is -0.151. The molecule has 13 nitrogen and oxygen atoms in total. The van der Waals surface area contributed by atoms with Gasteiger partial charge in [-0.15, -0.1) is 11.3 Å². The molecule has 0 radical (unpaired) electrons. The molecule has 46 heavy (non-hydrogen) atoms. The lowest BCUT2D eigenvalue weighted by Gasteiger charge is -2.21. The quantitative estimate of drug-likeness (QED) is 0.209. The first-order valence-electron chi connectivity index (χ1n) is 14.4. The fraction of sp³-hybridized carbons (Fsp3) is 0.188. The van der Waals surface area contributed by atoms with Gasteiger partial charge in [-0.3, -0.25) is 14.7 Å². The second-order valence-electron chi connectivity index (χ2n) is 10.6. The lowest BCUT2D eigenvalue weighted by Crippen LogP contribution is -2.33. The van der Waals surface area contributed by atoms with Gasteiger partial charge < -0.3 is 24.3 Å². The Labute approximate surface area is 265 Å². The molecule has 0 bridgehead atoms. The van der Waals surface area contributed by atoms with E-state index in [4.69, 9.17) is 18.9 Å². The lowest BCUT2D eigenvalue weighted by atomic mass is 10.1. The average Bonchev–Trinajstić information content (AvgIpc) is 3.87. The predicted molar refractivity (Wildman–Crippen MR) is 168 cm³/mol. The molecule has 4 aromatic heterocycles. The summed E-state index contributed by atoms with van der Waals surface area (Å²) >= 11 is 1.62. The average molecular weight is 636 g/mol. The van der Waals surface area contributed by atoms with Gasteiger partial charge in [0.15, 0.2) is 35.8 Å². The number of benzene rings is 2. The number of imidazole rings is 1. The number of thiophene rings is 1. The van der Waals surface area contributed by atoms with Crippen LogP contribution in [0, 0.1) is 0 Å². The zero-order valence-electron chi connectivity index (χ0n) is 23.9. The van der Waals surface area contributed by atoms with Crippen molar-refractivity contribution in [2.75, 3.05) is 17.2 Å². The van der Waals surface area contributed by atoms with Crippen LogP contribution in [0.15, 0.2) is 91.0 Å². The molecule has 5 atom stereocenters. The summed E-state index contributed by atoms with van der Waals surface area (Å²) in [5.41, 5.74) is 2.68. The molecular weight excluding hydrogens is 610 g/mol. The van der Waals surface area contributed by atoms with Crippen LogP contribution in [0.5, 0.6) is 5.88 Å². The Hall–Kier alpha value is -5.28. The summed E-state index contributed by atoms with van der Waals surface area (Å²) in [4.78, 5) is 41.7. The molecular formula is C32H25N7O6S. The Bertz CT molecular complexity index is 2050. The van der Waals surface area contributed by atoms with E-state index < -0.39 is 36.9 Å². The zero-order valence-corrected chi connectivity index (χ0v) is 24.7. The van der Waals surface area contributed by atoms with Crippen LogP contribution in [0.4, 0.5) is 16.3 Å². The van der Waals surface area contributed by atoms with Gasteiger partial charge >= 0.3 is 6.03 Å². The number of aromatic nitrogens is 5. The van der Waals surface area contributed by atoms with Crippen molar-refractivity contribution in [2.45, 2.75) is 30.8 Å². The van der Waals surface area contributed by atoms with Crippen LogP contribution < -0.4 is 15.4 Å². The number of pyridine rings is 1. The number of hydrogen-bond donors (Lipinski definition) is 2. The van der Waals surface area contributed by atoms with Crippen molar-refractivity contribution in [3.8, 4) is 5.88 Å². The van der Waals surface area contributed by atoms with E-state index in [9.17, 15) is 9.59 Å². The highest BCUT2D eigenvalue weighted by Gasteiger charge is 2.54. The number of carbonyl (C=O) groups is 2. The number of hydrogen-bond acceptors (Lipinski definition) is 11. The van der Waals surface area contributed by atoms with E-state index in [0.717, 1.165) is 15.6 Å². The van der Waals surface area contributed by atoms with Crippen molar-refractivity contribution in [3.05, 3.63) is 102 Å². The van der Waals surface area contributed by atoms with Crippen LogP contribution in [0.25, 0.3) is 21.3 Å². The maximum Gasteiger partial charge on any atom is 0.324 e. The van der Waals surface area contributed by atoms with Crippen molar-refractivity contribution >= 4 is 56.4 Å². The van der Waals surface area contributed by atoms with Crippen LogP contribution in [0.1, 0.15) is 28.4 Å². The second-order valence-corrected chi connectivity index (χ2v) is 11.5. The van der Waals surface area contributed by atoms with Gasteiger partial charge in [0.25, 0.3) is 0 Å². The standard InChI is InChI=1S/C32H25N7O6S/c40-13-18-7-6-12-33-29(18)42-14-22-25-26(45-31(44-25)21-15-46-23-11-5-4-10-20(21)23)30(43-22)39-17-36-24-27(34-16-35-28(24)39)38-32(41)37-19-8-2-1-3-9-19/h1-13,15-17,22,25-26,30-31H,14H2,(H2,34,35,37,38,41). The van der Waals surface area contributed by atoms with Crippen LogP contribution in [-0.2, 0) is 14.2 Å². The molecule has 2 fully saturated rings. The van der Waals surface area contributed by atoms with E-state index in [2.05, 4.69) is 36.6 Å². The predicted octanol–water partition coefficient (Wildman–Crippen LogP) is 5.35.